The third-order valence-electron chi connectivity index (χ3n) is 5.41. The molecule has 0 saturated carbocycles. The maximum atomic E-state index is 13.6. The highest BCUT2D eigenvalue weighted by Gasteiger charge is 2.33. The molecule has 0 bridgehead atoms. The molecule has 1 aliphatic heterocycles. The zero-order valence-electron chi connectivity index (χ0n) is 19.4. The molecule has 0 aliphatic carbocycles. The number of carbonyl (C=O) groups excluding carboxylic acids is 1. The van der Waals surface area contributed by atoms with E-state index in [1.54, 1.807) is 11.5 Å². The Morgan fingerprint density at radius 2 is 1.79 bits per heavy atom. The second-order valence-corrected chi connectivity index (χ2v) is 9.44. The van der Waals surface area contributed by atoms with Crippen LogP contribution in [0.15, 0.2) is 75.7 Å². The second-order valence-electron chi connectivity index (χ2n) is 8.43. The van der Waals surface area contributed by atoms with E-state index in [1.807, 2.05) is 93.5 Å². The van der Waals surface area contributed by atoms with Crippen molar-refractivity contribution in [2.24, 2.45) is 4.99 Å². The third kappa shape index (κ3) is 4.54. The molecule has 0 radical (unpaired) electrons. The van der Waals surface area contributed by atoms with E-state index >= 15 is 0 Å². The first-order valence-corrected chi connectivity index (χ1v) is 11.6. The van der Waals surface area contributed by atoms with Crippen molar-refractivity contribution in [3.05, 3.63) is 96.7 Å². The highest BCUT2D eigenvalue weighted by Crippen LogP contribution is 2.30. The third-order valence-corrected chi connectivity index (χ3v) is 6.39. The molecule has 2 aromatic carbocycles. The topological polar surface area (TPSA) is 63.9 Å². The number of ether oxygens (including phenoxy) is 1. The van der Waals surface area contributed by atoms with Crippen molar-refractivity contribution in [1.29, 1.82) is 0 Å². The van der Waals surface area contributed by atoms with Gasteiger partial charge in [0.1, 0.15) is 0 Å². The van der Waals surface area contributed by atoms with Gasteiger partial charge in [0.2, 0.25) is 0 Å². The van der Waals surface area contributed by atoms with Crippen molar-refractivity contribution in [3.8, 4) is 0 Å². The largest absolute Gasteiger partial charge is 0.459 e. The molecule has 7 heteroatoms. The average molecular weight is 462 g/mol. The molecule has 0 spiro atoms. The monoisotopic (exact) mass is 461 g/mol. The summed E-state index contributed by atoms with van der Waals surface area (Å²) in [5.41, 5.74) is 3.64. The number of carbonyl (C=O) groups is 1. The summed E-state index contributed by atoms with van der Waals surface area (Å²) >= 11 is 1.33. The Hall–Kier alpha value is -3.45. The van der Waals surface area contributed by atoms with Gasteiger partial charge in [0.05, 0.1) is 27.9 Å². The van der Waals surface area contributed by atoms with Crippen LogP contribution < -0.4 is 19.8 Å². The predicted octanol–water partition coefficient (Wildman–Crippen LogP) is 3.25. The Morgan fingerprint density at radius 1 is 1.12 bits per heavy atom. The van der Waals surface area contributed by atoms with E-state index in [9.17, 15) is 9.59 Å². The van der Waals surface area contributed by atoms with Crippen molar-refractivity contribution >= 4 is 29.1 Å². The zero-order valence-corrected chi connectivity index (χ0v) is 20.2. The minimum Gasteiger partial charge on any atom is -0.459 e. The van der Waals surface area contributed by atoms with Gasteiger partial charge in [0, 0.05) is 19.8 Å². The molecule has 0 N–H and O–H groups in total. The molecule has 0 fully saturated rings. The van der Waals surface area contributed by atoms with Crippen molar-refractivity contribution in [3.63, 3.8) is 0 Å². The molecule has 1 unspecified atom stereocenters. The Morgan fingerprint density at radius 3 is 2.39 bits per heavy atom. The van der Waals surface area contributed by atoms with Gasteiger partial charge in [-0.3, -0.25) is 9.36 Å². The molecule has 0 amide bonds. The van der Waals surface area contributed by atoms with Gasteiger partial charge in [-0.25, -0.2) is 9.79 Å². The second kappa shape index (κ2) is 9.19. The van der Waals surface area contributed by atoms with Gasteiger partial charge in [-0.15, -0.1) is 0 Å². The minimum atomic E-state index is -0.591. The number of thiazole rings is 1. The van der Waals surface area contributed by atoms with Crippen LogP contribution in [0.4, 0.5) is 5.69 Å². The molecule has 170 valence electrons. The lowest BCUT2D eigenvalue weighted by Gasteiger charge is -2.25. The maximum Gasteiger partial charge on any atom is 0.338 e. The fraction of sp³-hybridized carbons (Fsp3) is 0.269. The van der Waals surface area contributed by atoms with Gasteiger partial charge in [-0.05, 0) is 50.1 Å². The fourth-order valence-corrected chi connectivity index (χ4v) is 4.88. The zero-order chi connectivity index (χ0) is 23.7. The van der Waals surface area contributed by atoms with Crippen LogP contribution in [-0.2, 0) is 9.53 Å². The van der Waals surface area contributed by atoms with E-state index in [0.29, 0.717) is 20.6 Å². The number of anilines is 1. The first-order chi connectivity index (χ1) is 15.8. The Kier molecular flexibility index (Phi) is 6.33. The number of hydrogen-bond acceptors (Lipinski definition) is 6. The highest BCUT2D eigenvalue weighted by atomic mass is 32.1. The molecule has 1 aromatic heterocycles. The summed E-state index contributed by atoms with van der Waals surface area (Å²) in [5, 5.41) is 0. The summed E-state index contributed by atoms with van der Waals surface area (Å²) < 4.78 is 7.70. The summed E-state index contributed by atoms with van der Waals surface area (Å²) in [6.45, 7) is 5.41. The molecule has 4 rings (SSSR count). The number of fused-ring (bicyclic) bond motifs is 1. The molecule has 1 aliphatic rings. The normalized spacial score (nSPS) is 15.9. The van der Waals surface area contributed by atoms with Crippen LogP contribution in [0.3, 0.4) is 0 Å². The van der Waals surface area contributed by atoms with Crippen molar-refractivity contribution < 1.29 is 9.53 Å². The van der Waals surface area contributed by atoms with E-state index in [1.165, 1.54) is 11.3 Å². The van der Waals surface area contributed by atoms with Crippen LogP contribution in [-0.4, -0.2) is 30.7 Å². The smallest absolute Gasteiger partial charge is 0.338 e. The molecule has 2 heterocycles. The van der Waals surface area contributed by atoms with E-state index in [-0.39, 0.29) is 11.7 Å². The Labute approximate surface area is 196 Å². The molecule has 1 atom stereocenters. The number of benzene rings is 2. The molecule has 33 heavy (non-hydrogen) atoms. The van der Waals surface area contributed by atoms with Crippen molar-refractivity contribution in [2.45, 2.75) is 32.9 Å². The lowest BCUT2D eigenvalue weighted by molar-refractivity contribution is -0.143. The van der Waals surface area contributed by atoms with Gasteiger partial charge in [-0.2, -0.15) is 0 Å². The van der Waals surface area contributed by atoms with Gasteiger partial charge in [0.25, 0.3) is 5.56 Å². The first-order valence-electron chi connectivity index (χ1n) is 10.8. The molecular formula is C26H27N3O3S. The molecule has 0 saturated heterocycles. The lowest BCUT2D eigenvalue weighted by atomic mass is 9.96. The fourth-order valence-electron chi connectivity index (χ4n) is 3.83. The SMILES string of the molecule is CC1=C(C(=O)OC(C)C)C(c2ccccc2)n2c(sc(=Cc3ccc(N(C)C)cc3)c2=O)=N1. The van der Waals surface area contributed by atoms with Crippen LogP contribution in [0.1, 0.15) is 37.9 Å². The maximum absolute atomic E-state index is 13.6. The summed E-state index contributed by atoms with van der Waals surface area (Å²) in [7, 11) is 3.97. The minimum absolute atomic E-state index is 0.174. The average Bonchev–Trinajstić information content (AvgIpc) is 3.07. The standard InChI is InChI=1S/C26H27N3O3S/c1-16(2)32-25(31)22-17(3)27-26-29(23(22)19-9-7-6-8-10-19)24(30)21(33-26)15-18-11-13-20(14-12-18)28(4)5/h6-16,23H,1-5H3. The number of hydrogen-bond donors (Lipinski definition) is 0. The summed E-state index contributed by atoms with van der Waals surface area (Å²) in [6.07, 6.45) is 1.60. The van der Waals surface area contributed by atoms with Crippen LogP contribution in [0.2, 0.25) is 0 Å². The van der Waals surface area contributed by atoms with E-state index in [2.05, 4.69) is 4.99 Å². The number of rotatable bonds is 5. The predicted molar refractivity (Wildman–Crippen MR) is 132 cm³/mol. The van der Waals surface area contributed by atoms with Crippen LogP contribution in [0, 0.1) is 0 Å². The number of aromatic nitrogens is 1. The van der Waals surface area contributed by atoms with E-state index in [4.69, 9.17) is 4.74 Å². The summed E-state index contributed by atoms with van der Waals surface area (Å²) in [5.74, 6) is -0.450. The quantitative estimate of drug-likeness (QED) is 0.547. The Bertz CT molecular complexity index is 1380. The molecule has 3 aromatic rings. The van der Waals surface area contributed by atoms with Gasteiger partial charge >= 0.3 is 5.97 Å². The summed E-state index contributed by atoms with van der Waals surface area (Å²) in [6, 6.07) is 17.0. The van der Waals surface area contributed by atoms with Crippen molar-refractivity contribution in [2.75, 3.05) is 19.0 Å². The number of nitrogens with zero attached hydrogens (tertiary/aromatic N) is 3. The Balaban J connectivity index is 1.88. The van der Waals surface area contributed by atoms with Crippen molar-refractivity contribution in [1.82, 2.24) is 4.57 Å². The van der Waals surface area contributed by atoms with E-state index in [0.717, 1.165) is 16.8 Å². The van der Waals surface area contributed by atoms with Crippen LogP contribution >= 0.6 is 11.3 Å². The van der Waals surface area contributed by atoms with Crippen LogP contribution in [0.5, 0.6) is 0 Å². The molecule has 6 nitrogen and oxygen atoms in total. The van der Waals surface area contributed by atoms with Gasteiger partial charge < -0.3 is 9.64 Å². The molecular weight excluding hydrogens is 434 g/mol. The van der Waals surface area contributed by atoms with Crippen LogP contribution in [0.25, 0.3) is 6.08 Å². The lowest BCUT2D eigenvalue weighted by Crippen LogP contribution is -2.40. The number of esters is 1. The first kappa shape index (κ1) is 22.7. The number of allylic oxidation sites excluding steroid dienone is 1. The van der Waals surface area contributed by atoms with E-state index < -0.39 is 12.0 Å². The van der Waals surface area contributed by atoms with Gasteiger partial charge in [-0.1, -0.05) is 53.8 Å². The highest BCUT2D eigenvalue weighted by molar-refractivity contribution is 7.07. The van der Waals surface area contributed by atoms with Gasteiger partial charge in [0.15, 0.2) is 4.80 Å². The summed E-state index contributed by atoms with van der Waals surface area (Å²) in [4.78, 5) is 33.8.